The fraction of sp³-hybridized carbons (Fsp3) is 0.576. The first-order valence-corrected chi connectivity index (χ1v) is 48.3. The second-order valence-electron chi connectivity index (χ2n) is 37.0. The minimum atomic E-state index is -0.405. The van der Waals surface area contributed by atoms with Gasteiger partial charge in [0.2, 0.25) is 0 Å². The van der Waals surface area contributed by atoms with Gasteiger partial charge in [0.05, 0.1) is 45.3 Å². The Morgan fingerprint density at radius 2 is 0.331 bits per heavy atom. The van der Waals surface area contributed by atoms with E-state index in [-0.39, 0.29) is 239 Å². The summed E-state index contributed by atoms with van der Waals surface area (Å²) in [4.78, 5) is 94.5. The average molecular weight is 2080 g/mol. The van der Waals surface area contributed by atoms with Gasteiger partial charge in [-0.2, -0.15) is 0 Å². The van der Waals surface area contributed by atoms with E-state index in [1.165, 1.54) is 22.3 Å². The van der Waals surface area contributed by atoms with E-state index < -0.39 is 21.7 Å². The summed E-state index contributed by atoms with van der Waals surface area (Å²) in [5.41, 5.74) is 11.7. The monoisotopic (exact) mass is 2070 g/mol. The van der Waals surface area contributed by atoms with Gasteiger partial charge in [0.25, 0.3) is 0 Å². The molecule has 0 fully saturated rings. The minimum absolute atomic E-state index is 0. The molecule has 8 aromatic rings. The Kier molecular flexibility index (Phi) is 107. The van der Waals surface area contributed by atoms with E-state index in [2.05, 4.69) is 38.1 Å². The molecular formula is C132H232O16. The van der Waals surface area contributed by atoms with E-state index in [9.17, 15) is 38.4 Å². The van der Waals surface area contributed by atoms with Crippen molar-refractivity contribution >= 4 is 47.8 Å². The molecule has 0 saturated carbocycles. The van der Waals surface area contributed by atoms with Gasteiger partial charge < -0.3 is 37.9 Å². The van der Waals surface area contributed by atoms with Crippen molar-refractivity contribution in [3.63, 3.8) is 0 Å². The normalized spacial score (nSPS) is 12.2. The summed E-state index contributed by atoms with van der Waals surface area (Å²) >= 11 is 0. The fourth-order valence-electron chi connectivity index (χ4n) is 11.4. The van der Waals surface area contributed by atoms with Crippen molar-refractivity contribution in [3.8, 4) is 0 Å². The third-order valence-corrected chi connectivity index (χ3v) is 24.3. The lowest BCUT2D eigenvalue weighted by atomic mass is 9.90. The van der Waals surface area contributed by atoms with Crippen LogP contribution in [-0.4, -0.2) is 47.8 Å². The van der Waals surface area contributed by atoms with Crippen LogP contribution in [0, 0.1) is 73.0 Å². The zero-order chi connectivity index (χ0) is 100. The highest BCUT2D eigenvalue weighted by atomic mass is 16.6. The van der Waals surface area contributed by atoms with Crippen LogP contribution in [0.25, 0.3) is 0 Å². The van der Waals surface area contributed by atoms with Crippen LogP contribution < -0.4 is 0 Å². The third kappa shape index (κ3) is 65.5. The Labute approximate surface area is 915 Å². The first-order valence-electron chi connectivity index (χ1n) is 48.3. The molecule has 16 nitrogen and oxygen atoms in total. The largest absolute Gasteiger partial charge is 0.458 e. The molecule has 856 valence electrons. The van der Waals surface area contributed by atoms with E-state index in [1.807, 2.05) is 402 Å². The molecule has 16 heteroatoms. The Hall–Kier alpha value is -10.5. The highest BCUT2D eigenvalue weighted by Gasteiger charge is 2.34. The standard InChI is InChI=1S/C16H24O2.3C15H22O2.3C14H20O2.C13H18O2.16CH4/c1-6-14(13-10-8-12(3)9-11-13)18-15(17)16(4,5)7-2;1-6-15(4,5)14(16)17-12(3)13-9-7-11(2)8-10-13;1-5-12(4)15(16)17-14(6-2)13-9-7-11(3)8-10-13;1-5-13(12-10-8-7-9-11-12)17-14(16)15(3,4)6-2;1-5-11(3)14(15)16-12(4)13-8-6-10(2)7-9-13;1-5-14(3,4)13(15)16-11(2)12-9-7-6-8-10-12;1-4-11(3)14(15)16-13(5-2)12-9-7-6-8-10-12;1-4-10(2)13(14)15-11(3)12-8-6-5-7-9-12;;;;;;;;;;;;;;;;/h8-11,14H,6-7H2,1-5H3;7-10,12H,6H2,1-5H3;7-10,12,14H,5-6H2,1-4H3;7-11,13H,5-6H2,1-4H3;6-9,11-12H,5H2,1-4H3;6-11H,5H2,1-4H3;6-11,13H,4-5H2,1-3H3;5-11H,4H2,1-3H3;16*1H4. The summed E-state index contributed by atoms with van der Waals surface area (Å²) in [6, 6.07) is 71.9. The van der Waals surface area contributed by atoms with Gasteiger partial charge in [-0.15, -0.1) is 0 Å². The lowest BCUT2D eigenvalue weighted by Gasteiger charge is -2.25. The van der Waals surface area contributed by atoms with Crippen molar-refractivity contribution in [2.45, 2.75) is 466 Å². The van der Waals surface area contributed by atoms with Gasteiger partial charge in [-0.25, -0.2) is 0 Å². The molecular weight excluding hydrogens is 1840 g/mol. The first kappa shape index (κ1) is 174. The number of benzene rings is 8. The van der Waals surface area contributed by atoms with Crippen molar-refractivity contribution < 1.29 is 76.3 Å². The molecule has 0 aliphatic carbocycles. The van der Waals surface area contributed by atoms with Gasteiger partial charge in [0.15, 0.2) is 0 Å². The van der Waals surface area contributed by atoms with Crippen molar-refractivity contribution in [1.82, 2.24) is 0 Å². The molecule has 0 bridgehead atoms. The zero-order valence-electron chi connectivity index (χ0n) is 86.7. The van der Waals surface area contributed by atoms with Gasteiger partial charge in [0.1, 0.15) is 48.8 Å². The highest BCUT2D eigenvalue weighted by Crippen LogP contribution is 2.34. The summed E-state index contributed by atoms with van der Waals surface area (Å²) in [5.74, 6) is -0.994. The van der Waals surface area contributed by atoms with Crippen LogP contribution in [0.4, 0.5) is 0 Å². The first-order chi connectivity index (χ1) is 62.2. The van der Waals surface area contributed by atoms with Crippen LogP contribution in [0.2, 0.25) is 0 Å². The topological polar surface area (TPSA) is 210 Å². The number of carbonyl (C=O) groups is 8. The summed E-state index contributed by atoms with van der Waals surface area (Å²) in [6.45, 7) is 62.9. The maximum absolute atomic E-state index is 12.1. The van der Waals surface area contributed by atoms with Crippen LogP contribution >= 0.6 is 0 Å². The van der Waals surface area contributed by atoms with Crippen LogP contribution in [-0.2, 0) is 76.3 Å². The second kappa shape index (κ2) is 91.5. The molecule has 0 heterocycles. The number of carbonyl (C=O) groups excluding carboxylic acids is 8. The molecule has 12 atom stereocenters. The lowest BCUT2D eigenvalue weighted by Crippen LogP contribution is -2.27. The summed E-state index contributed by atoms with van der Waals surface area (Å²) in [7, 11) is 0. The highest BCUT2D eigenvalue weighted by molar-refractivity contribution is 5.78. The zero-order valence-corrected chi connectivity index (χ0v) is 86.7. The third-order valence-electron chi connectivity index (χ3n) is 24.3. The lowest BCUT2D eigenvalue weighted by molar-refractivity contribution is -0.161. The van der Waals surface area contributed by atoms with Crippen LogP contribution in [0.3, 0.4) is 0 Å². The molecule has 12 unspecified atom stereocenters. The SMILES string of the molecule is C.C.C.C.C.C.C.C.C.C.C.C.C.C.C.C.CCC(C)(C)C(=O)OC(C)c1ccc(C)cc1.CCC(C)(C)C(=O)OC(C)c1ccccc1.CCC(C)C(=O)OC(C)c1ccc(C)cc1.CCC(C)C(=O)OC(C)c1ccccc1.CCC(C)C(=O)OC(CC)c1ccc(C)cc1.CCC(C)C(=O)OC(CC)c1ccccc1.CCC(OC(=O)C(C)(C)CC)c1ccc(C)cc1.CCC(OC(=O)C(C)(C)CC)c1ccccc1. The smallest absolute Gasteiger partial charge is 0.312 e. The van der Waals surface area contributed by atoms with E-state index >= 15 is 0 Å². The van der Waals surface area contributed by atoms with E-state index in [0.29, 0.717) is 0 Å². The van der Waals surface area contributed by atoms with Gasteiger partial charge in [-0.3, -0.25) is 38.4 Å². The molecule has 148 heavy (non-hydrogen) atoms. The van der Waals surface area contributed by atoms with Gasteiger partial charge in [-0.05, 0) is 232 Å². The minimum Gasteiger partial charge on any atom is -0.458 e. The quantitative estimate of drug-likeness (QED) is 0.0264. The number of ether oxygens (including phenoxy) is 8. The molecule has 0 radical (unpaired) electrons. The Bertz CT molecular complexity index is 4520. The summed E-state index contributed by atoms with van der Waals surface area (Å²) in [6.07, 6.45) is 8.48. The summed E-state index contributed by atoms with van der Waals surface area (Å²) < 4.78 is 44.0. The second-order valence-corrected chi connectivity index (χ2v) is 37.0. The molecule has 0 aromatic heterocycles. The fourth-order valence-corrected chi connectivity index (χ4v) is 11.4. The van der Waals surface area contributed by atoms with E-state index in [1.54, 1.807) is 0 Å². The van der Waals surface area contributed by atoms with Gasteiger partial charge >= 0.3 is 47.8 Å². The number of hydrogen-bond acceptors (Lipinski definition) is 16. The Morgan fingerprint density at radius 1 is 0.189 bits per heavy atom. The summed E-state index contributed by atoms with van der Waals surface area (Å²) in [5, 5.41) is 0. The maximum Gasteiger partial charge on any atom is 0.312 e. The number of aryl methyl sites for hydroxylation is 4. The van der Waals surface area contributed by atoms with Crippen molar-refractivity contribution in [2.24, 2.45) is 45.3 Å². The van der Waals surface area contributed by atoms with Crippen molar-refractivity contribution in [2.75, 3.05) is 0 Å². The predicted octanol–water partition coefficient (Wildman–Crippen LogP) is 41.2. The average Bonchev–Trinajstić information content (AvgIpc) is 0.840. The molecule has 8 rings (SSSR count). The van der Waals surface area contributed by atoms with E-state index in [0.717, 1.165) is 122 Å². The Morgan fingerprint density at radius 3 is 0.507 bits per heavy atom. The van der Waals surface area contributed by atoms with Gasteiger partial charge in [-0.1, -0.05) is 470 Å². The van der Waals surface area contributed by atoms with Gasteiger partial charge in [0, 0.05) is 0 Å². The van der Waals surface area contributed by atoms with Crippen molar-refractivity contribution in [1.29, 1.82) is 0 Å². The number of rotatable bonds is 36. The number of hydrogen-bond donors (Lipinski definition) is 0. The molecule has 0 aliphatic heterocycles. The predicted molar refractivity (Wildman–Crippen MR) is 647 cm³/mol. The van der Waals surface area contributed by atoms with Crippen molar-refractivity contribution in [3.05, 3.63) is 285 Å². The van der Waals surface area contributed by atoms with E-state index in [4.69, 9.17) is 37.9 Å². The molecule has 0 N–H and O–H groups in total. The Balaban J connectivity index is -0.0000000947. The molecule has 0 spiro atoms. The molecule has 0 aliphatic rings. The molecule has 0 amide bonds. The molecule has 0 saturated heterocycles. The van der Waals surface area contributed by atoms with Crippen LogP contribution in [0.15, 0.2) is 218 Å². The maximum atomic E-state index is 12.1. The van der Waals surface area contributed by atoms with Crippen LogP contribution in [0.1, 0.15) is 505 Å². The number of esters is 8. The molecule has 8 aromatic carbocycles. The van der Waals surface area contributed by atoms with Crippen LogP contribution in [0.5, 0.6) is 0 Å².